The van der Waals surface area contributed by atoms with Gasteiger partial charge in [-0.3, -0.25) is 0 Å². The molecule has 1 aliphatic carbocycles. The molecule has 0 saturated heterocycles. The third-order valence-corrected chi connectivity index (χ3v) is 3.64. The summed E-state index contributed by atoms with van der Waals surface area (Å²) < 4.78 is 0. The van der Waals surface area contributed by atoms with E-state index in [2.05, 4.69) is 10.2 Å². The molecule has 1 heterocycles. The maximum absolute atomic E-state index is 11.2. The average molecular weight is 249 g/mol. The maximum atomic E-state index is 11.2. The molecule has 1 saturated carbocycles. The minimum atomic E-state index is -0.944. The quantitative estimate of drug-likeness (QED) is 0.833. The number of carboxylic acids is 1. The topological polar surface area (TPSA) is 66.3 Å². The zero-order valence-corrected chi connectivity index (χ0v) is 10.7. The van der Waals surface area contributed by atoms with E-state index in [0.717, 1.165) is 12.8 Å². The van der Waals surface area contributed by atoms with Crippen LogP contribution in [0.2, 0.25) is 0 Å². The largest absolute Gasteiger partial charge is 0.478 e. The lowest BCUT2D eigenvalue weighted by molar-refractivity contribution is 0.0697. The van der Waals surface area contributed by atoms with Crippen molar-refractivity contribution < 1.29 is 9.90 Å². The Morgan fingerprint density at radius 3 is 2.61 bits per heavy atom. The van der Waals surface area contributed by atoms with Gasteiger partial charge in [-0.15, -0.1) is 5.10 Å². The molecular formula is C13H19N3O2. The summed E-state index contributed by atoms with van der Waals surface area (Å²) in [6, 6.07) is 1.89. The number of rotatable bonds is 3. The maximum Gasteiger partial charge on any atom is 0.339 e. The molecule has 0 atom stereocenters. The minimum absolute atomic E-state index is 0.233. The lowest BCUT2D eigenvalue weighted by atomic mass is 10.1. The molecule has 5 heteroatoms. The Hall–Kier alpha value is -1.65. The minimum Gasteiger partial charge on any atom is -0.478 e. The molecule has 98 valence electrons. The fraction of sp³-hybridized carbons (Fsp3) is 0.615. The first-order valence-corrected chi connectivity index (χ1v) is 6.48. The summed E-state index contributed by atoms with van der Waals surface area (Å²) in [7, 11) is 1.92. The Morgan fingerprint density at radius 2 is 2.00 bits per heavy atom. The summed E-state index contributed by atoms with van der Waals surface area (Å²) in [6.45, 7) is 0. The molecular weight excluding hydrogens is 230 g/mol. The molecule has 1 aromatic heterocycles. The zero-order valence-electron chi connectivity index (χ0n) is 10.7. The lowest BCUT2D eigenvalue weighted by Gasteiger charge is -2.28. The van der Waals surface area contributed by atoms with Gasteiger partial charge in [0.25, 0.3) is 0 Å². The molecule has 0 aromatic carbocycles. The van der Waals surface area contributed by atoms with E-state index in [1.807, 2.05) is 11.9 Å². The van der Waals surface area contributed by atoms with Crippen molar-refractivity contribution in [3.63, 3.8) is 0 Å². The van der Waals surface area contributed by atoms with E-state index in [9.17, 15) is 9.90 Å². The van der Waals surface area contributed by atoms with Gasteiger partial charge in [-0.2, -0.15) is 5.10 Å². The summed E-state index contributed by atoms with van der Waals surface area (Å²) >= 11 is 0. The molecule has 0 spiro atoms. The van der Waals surface area contributed by atoms with E-state index in [1.165, 1.54) is 37.9 Å². The molecule has 2 rings (SSSR count). The number of aromatic nitrogens is 2. The molecule has 0 radical (unpaired) electrons. The van der Waals surface area contributed by atoms with Gasteiger partial charge >= 0.3 is 5.97 Å². The highest BCUT2D eigenvalue weighted by Gasteiger charge is 2.22. The molecule has 1 aromatic rings. The third kappa shape index (κ3) is 2.78. The normalized spacial score (nSPS) is 17.2. The summed E-state index contributed by atoms with van der Waals surface area (Å²) in [5.74, 6) is -0.461. The van der Waals surface area contributed by atoms with Crippen molar-refractivity contribution in [2.75, 3.05) is 11.9 Å². The Balaban J connectivity index is 2.21. The highest BCUT2D eigenvalue weighted by atomic mass is 16.4. The first kappa shape index (κ1) is 12.8. The van der Waals surface area contributed by atoms with Crippen molar-refractivity contribution in [1.29, 1.82) is 0 Å². The van der Waals surface area contributed by atoms with Gasteiger partial charge in [-0.25, -0.2) is 4.79 Å². The van der Waals surface area contributed by atoms with Crippen LogP contribution in [0.15, 0.2) is 12.3 Å². The van der Waals surface area contributed by atoms with Crippen molar-refractivity contribution in [3.8, 4) is 0 Å². The van der Waals surface area contributed by atoms with Gasteiger partial charge in [-0.1, -0.05) is 25.7 Å². The van der Waals surface area contributed by atoms with Gasteiger partial charge in [0.05, 0.1) is 6.20 Å². The predicted octanol–water partition coefficient (Wildman–Crippen LogP) is 2.33. The Kier molecular flexibility index (Phi) is 4.12. The number of nitrogens with zero attached hydrogens (tertiary/aromatic N) is 3. The van der Waals surface area contributed by atoms with Crippen molar-refractivity contribution in [1.82, 2.24) is 10.2 Å². The molecule has 0 unspecified atom stereocenters. The van der Waals surface area contributed by atoms with Crippen LogP contribution in [0.5, 0.6) is 0 Å². The van der Waals surface area contributed by atoms with Crippen molar-refractivity contribution in [2.45, 2.75) is 44.6 Å². The van der Waals surface area contributed by atoms with Crippen LogP contribution >= 0.6 is 0 Å². The van der Waals surface area contributed by atoms with Crippen molar-refractivity contribution in [3.05, 3.63) is 17.8 Å². The van der Waals surface area contributed by atoms with Gasteiger partial charge < -0.3 is 10.0 Å². The number of anilines is 1. The van der Waals surface area contributed by atoms with Gasteiger partial charge in [0.2, 0.25) is 0 Å². The fourth-order valence-electron chi connectivity index (χ4n) is 2.57. The van der Waals surface area contributed by atoms with Gasteiger partial charge in [0.15, 0.2) is 5.82 Å². The van der Waals surface area contributed by atoms with Crippen molar-refractivity contribution in [2.24, 2.45) is 0 Å². The first-order chi connectivity index (χ1) is 8.70. The average Bonchev–Trinajstić information content (AvgIpc) is 2.66. The van der Waals surface area contributed by atoms with Gasteiger partial charge in [0, 0.05) is 13.1 Å². The molecule has 1 N–H and O–H groups in total. The third-order valence-electron chi connectivity index (χ3n) is 3.64. The van der Waals surface area contributed by atoms with Crippen LogP contribution in [0.4, 0.5) is 5.82 Å². The monoisotopic (exact) mass is 249 g/mol. The number of aromatic carboxylic acids is 1. The highest BCUT2D eigenvalue weighted by Crippen LogP contribution is 2.25. The molecule has 0 amide bonds. The highest BCUT2D eigenvalue weighted by molar-refractivity contribution is 5.93. The number of carbonyl (C=O) groups is 1. The molecule has 0 bridgehead atoms. The predicted molar refractivity (Wildman–Crippen MR) is 68.9 cm³/mol. The molecule has 5 nitrogen and oxygen atoms in total. The van der Waals surface area contributed by atoms with Crippen molar-refractivity contribution >= 4 is 11.8 Å². The number of hydrogen-bond acceptors (Lipinski definition) is 4. The first-order valence-electron chi connectivity index (χ1n) is 6.48. The van der Waals surface area contributed by atoms with Crippen LogP contribution in [-0.2, 0) is 0 Å². The number of carboxylic acid groups (broad SMARTS) is 1. The van der Waals surface area contributed by atoms with Crippen LogP contribution in [0, 0.1) is 0 Å². The van der Waals surface area contributed by atoms with E-state index in [0.29, 0.717) is 11.9 Å². The second kappa shape index (κ2) is 5.80. The van der Waals surface area contributed by atoms with Crippen LogP contribution in [0.25, 0.3) is 0 Å². The summed E-state index contributed by atoms with van der Waals surface area (Å²) in [6.07, 6.45) is 8.59. The molecule has 0 aliphatic heterocycles. The van der Waals surface area contributed by atoms with Crippen LogP contribution < -0.4 is 4.90 Å². The SMILES string of the molecule is CN(c1nnccc1C(=O)O)C1CCCCCC1. The Bertz CT molecular complexity index is 414. The summed E-state index contributed by atoms with van der Waals surface area (Å²) in [5, 5.41) is 17.0. The smallest absolute Gasteiger partial charge is 0.339 e. The van der Waals surface area contributed by atoms with E-state index in [1.54, 1.807) is 0 Å². The lowest BCUT2D eigenvalue weighted by Crippen LogP contribution is -2.33. The second-order valence-electron chi connectivity index (χ2n) is 4.83. The fourth-order valence-corrected chi connectivity index (χ4v) is 2.57. The molecule has 1 aliphatic rings. The van der Waals surface area contributed by atoms with Gasteiger partial charge in [0.1, 0.15) is 5.56 Å². The van der Waals surface area contributed by atoms with E-state index < -0.39 is 5.97 Å². The van der Waals surface area contributed by atoms with Crippen LogP contribution in [-0.4, -0.2) is 34.4 Å². The summed E-state index contributed by atoms with van der Waals surface area (Å²) in [4.78, 5) is 13.2. The van der Waals surface area contributed by atoms with E-state index in [-0.39, 0.29) is 5.56 Å². The Labute approximate surface area is 107 Å². The number of hydrogen-bond donors (Lipinski definition) is 1. The second-order valence-corrected chi connectivity index (χ2v) is 4.83. The standard InChI is InChI=1S/C13H19N3O2/c1-16(10-6-4-2-3-5-7-10)12-11(13(17)18)8-9-14-15-12/h8-10H,2-7H2,1H3,(H,17,18). The summed E-state index contributed by atoms with van der Waals surface area (Å²) in [5.41, 5.74) is 0.233. The zero-order chi connectivity index (χ0) is 13.0. The van der Waals surface area contributed by atoms with Gasteiger partial charge in [-0.05, 0) is 18.9 Å². The molecule has 18 heavy (non-hydrogen) atoms. The van der Waals surface area contributed by atoms with Crippen LogP contribution in [0.3, 0.4) is 0 Å². The molecule has 1 fully saturated rings. The van der Waals surface area contributed by atoms with E-state index >= 15 is 0 Å². The Morgan fingerprint density at radius 1 is 1.33 bits per heavy atom. The van der Waals surface area contributed by atoms with Crippen LogP contribution in [0.1, 0.15) is 48.9 Å². The van der Waals surface area contributed by atoms with E-state index in [4.69, 9.17) is 0 Å².